The minimum absolute atomic E-state index is 0.166. The molecule has 18 heavy (non-hydrogen) atoms. The third kappa shape index (κ3) is 2.70. The molecule has 0 unspecified atom stereocenters. The van der Waals surface area contributed by atoms with Gasteiger partial charge < -0.3 is 10.1 Å². The summed E-state index contributed by atoms with van der Waals surface area (Å²) in [6.07, 6.45) is 0.346. The van der Waals surface area contributed by atoms with E-state index in [1.807, 2.05) is 0 Å². The van der Waals surface area contributed by atoms with E-state index in [-0.39, 0.29) is 11.3 Å². The summed E-state index contributed by atoms with van der Waals surface area (Å²) in [4.78, 5) is 17.3. The average Bonchev–Trinajstić information content (AvgIpc) is 2.28. The summed E-state index contributed by atoms with van der Waals surface area (Å²) in [6.45, 7) is 1.79. The lowest BCUT2D eigenvalue weighted by Crippen LogP contribution is -2.16. The summed E-state index contributed by atoms with van der Waals surface area (Å²) in [6, 6.07) is 5.12. The minimum Gasteiger partial charge on any atom is -0.508 e. The molecule has 0 aliphatic rings. The first kappa shape index (κ1) is 13.0. The Labute approximate surface area is 117 Å². The molecule has 0 aliphatic heterocycles. The van der Waals surface area contributed by atoms with Crippen molar-refractivity contribution in [1.29, 1.82) is 0 Å². The van der Waals surface area contributed by atoms with Crippen molar-refractivity contribution in [3.05, 3.63) is 54.6 Å². The number of hydrogen-bond acceptors (Lipinski definition) is 3. The number of halogens is 1. The van der Waals surface area contributed by atoms with Gasteiger partial charge >= 0.3 is 0 Å². The van der Waals surface area contributed by atoms with Crippen LogP contribution in [0.15, 0.2) is 27.5 Å². The van der Waals surface area contributed by atoms with E-state index >= 15 is 0 Å². The van der Waals surface area contributed by atoms with Gasteiger partial charge in [-0.15, -0.1) is 0 Å². The maximum Gasteiger partial charge on any atom is 0.255 e. The average molecular weight is 327 g/mol. The number of H-pyrrole nitrogens is 2. The summed E-state index contributed by atoms with van der Waals surface area (Å²) in [5, 5.41) is 9.77. The predicted molar refractivity (Wildman–Crippen MR) is 75.6 cm³/mol. The first-order valence-electron chi connectivity index (χ1n) is 5.27. The summed E-state index contributed by atoms with van der Waals surface area (Å²) in [5.74, 6) is 0.166. The maximum absolute atomic E-state index is 11.8. The standard InChI is InChI=1S/C12H11BrN2O2S/c1-6-9(11(17)15-12(18)14-6)5-7-4-8(13)2-3-10(7)16/h2-4,16H,5H2,1H3,(H2,14,15,17,18). The number of rotatable bonds is 2. The lowest BCUT2D eigenvalue weighted by molar-refractivity contribution is 0.469. The zero-order valence-corrected chi connectivity index (χ0v) is 12.0. The van der Waals surface area contributed by atoms with Gasteiger partial charge in [0.1, 0.15) is 5.75 Å². The molecule has 0 saturated carbocycles. The Morgan fingerprint density at radius 2 is 2.11 bits per heavy atom. The van der Waals surface area contributed by atoms with Crippen LogP contribution in [0.4, 0.5) is 0 Å². The molecule has 3 N–H and O–H groups in total. The van der Waals surface area contributed by atoms with Crippen molar-refractivity contribution in [2.45, 2.75) is 13.3 Å². The fraction of sp³-hybridized carbons (Fsp3) is 0.167. The highest BCUT2D eigenvalue weighted by molar-refractivity contribution is 9.10. The molecule has 0 fully saturated rings. The van der Waals surface area contributed by atoms with Gasteiger partial charge in [0.25, 0.3) is 5.56 Å². The van der Waals surface area contributed by atoms with Gasteiger partial charge in [0.2, 0.25) is 0 Å². The molecule has 0 atom stereocenters. The minimum atomic E-state index is -0.226. The van der Waals surface area contributed by atoms with Crippen molar-refractivity contribution in [2.24, 2.45) is 0 Å². The van der Waals surface area contributed by atoms with Crippen LogP contribution in [0.2, 0.25) is 0 Å². The van der Waals surface area contributed by atoms with Gasteiger partial charge in [0, 0.05) is 22.2 Å². The van der Waals surface area contributed by atoms with Crippen molar-refractivity contribution >= 4 is 28.1 Å². The van der Waals surface area contributed by atoms with Crippen LogP contribution in [-0.4, -0.2) is 15.1 Å². The number of aryl methyl sites for hydroxylation is 1. The van der Waals surface area contributed by atoms with Crippen molar-refractivity contribution in [1.82, 2.24) is 9.97 Å². The Morgan fingerprint density at radius 1 is 1.39 bits per heavy atom. The fourth-order valence-corrected chi connectivity index (χ4v) is 2.38. The third-order valence-corrected chi connectivity index (χ3v) is 3.36. The van der Waals surface area contributed by atoms with E-state index < -0.39 is 0 Å². The van der Waals surface area contributed by atoms with Crippen molar-refractivity contribution in [3.8, 4) is 5.75 Å². The molecule has 1 heterocycles. The lowest BCUT2D eigenvalue weighted by Gasteiger charge is -2.07. The molecule has 0 bridgehead atoms. The molecule has 1 aromatic heterocycles. The van der Waals surface area contributed by atoms with Crippen molar-refractivity contribution in [2.75, 3.05) is 0 Å². The molecule has 1 aromatic carbocycles. The number of hydrogen-bond donors (Lipinski definition) is 3. The Kier molecular flexibility index (Phi) is 3.68. The van der Waals surface area contributed by atoms with Gasteiger partial charge in [-0.1, -0.05) is 15.9 Å². The number of aromatic nitrogens is 2. The quantitative estimate of drug-likeness (QED) is 0.743. The number of benzene rings is 1. The molecule has 0 saturated heterocycles. The molecular formula is C12H11BrN2O2S. The zero-order valence-electron chi connectivity index (χ0n) is 9.58. The Bertz CT molecular complexity index is 706. The normalized spacial score (nSPS) is 10.6. The van der Waals surface area contributed by atoms with E-state index in [0.717, 1.165) is 4.47 Å². The van der Waals surface area contributed by atoms with E-state index in [9.17, 15) is 9.90 Å². The van der Waals surface area contributed by atoms with Crippen LogP contribution in [0, 0.1) is 11.7 Å². The lowest BCUT2D eigenvalue weighted by atomic mass is 10.0. The second-order valence-electron chi connectivity index (χ2n) is 3.96. The van der Waals surface area contributed by atoms with Gasteiger partial charge in [0.15, 0.2) is 4.77 Å². The summed E-state index contributed by atoms with van der Waals surface area (Å²) in [7, 11) is 0. The largest absolute Gasteiger partial charge is 0.508 e. The molecule has 2 aromatic rings. The number of aromatic amines is 2. The highest BCUT2D eigenvalue weighted by atomic mass is 79.9. The highest BCUT2D eigenvalue weighted by Crippen LogP contribution is 2.24. The van der Waals surface area contributed by atoms with Gasteiger partial charge in [-0.05, 0) is 42.9 Å². The van der Waals surface area contributed by atoms with Gasteiger partial charge in [-0.2, -0.15) is 0 Å². The zero-order chi connectivity index (χ0) is 13.3. The van der Waals surface area contributed by atoms with E-state index in [1.165, 1.54) is 0 Å². The van der Waals surface area contributed by atoms with Crippen LogP contribution >= 0.6 is 28.1 Å². The molecule has 4 nitrogen and oxygen atoms in total. The molecule has 6 heteroatoms. The second kappa shape index (κ2) is 5.07. The molecule has 94 valence electrons. The SMILES string of the molecule is Cc1[nH]c(=S)[nH]c(=O)c1Cc1cc(Br)ccc1O. The van der Waals surface area contributed by atoms with Crippen LogP contribution < -0.4 is 5.56 Å². The van der Waals surface area contributed by atoms with Gasteiger partial charge in [-0.25, -0.2) is 0 Å². The van der Waals surface area contributed by atoms with Crippen LogP contribution in [0.5, 0.6) is 5.75 Å². The number of phenolic OH excluding ortho intramolecular Hbond substituents is 1. The highest BCUT2D eigenvalue weighted by Gasteiger charge is 2.09. The van der Waals surface area contributed by atoms with Crippen molar-refractivity contribution < 1.29 is 5.11 Å². The van der Waals surface area contributed by atoms with Crippen molar-refractivity contribution in [3.63, 3.8) is 0 Å². The summed E-state index contributed by atoms with van der Waals surface area (Å²) in [5.41, 5.74) is 1.74. The van der Waals surface area contributed by atoms with Crippen LogP contribution in [0.25, 0.3) is 0 Å². The molecule has 0 radical (unpaired) electrons. The second-order valence-corrected chi connectivity index (χ2v) is 5.29. The van der Waals surface area contributed by atoms with Crippen LogP contribution in [-0.2, 0) is 6.42 Å². The Hall–Kier alpha value is -1.40. The number of nitrogens with one attached hydrogen (secondary N) is 2. The van der Waals surface area contributed by atoms with E-state index in [1.54, 1.807) is 25.1 Å². The van der Waals surface area contributed by atoms with Crippen LogP contribution in [0.3, 0.4) is 0 Å². The topological polar surface area (TPSA) is 68.9 Å². The monoisotopic (exact) mass is 326 g/mol. The van der Waals surface area contributed by atoms with Gasteiger partial charge in [-0.3, -0.25) is 9.78 Å². The van der Waals surface area contributed by atoms with Gasteiger partial charge in [0.05, 0.1) is 0 Å². The first-order valence-corrected chi connectivity index (χ1v) is 6.47. The number of aromatic hydroxyl groups is 1. The van der Waals surface area contributed by atoms with E-state index in [0.29, 0.717) is 28.0 Å². The smallest absolute Gasteiger partial charge is 0.255 e. The maximum atomic E-state index is 11.8. The predicted octanol–water partition coefficient (Wildman–Crippen LogP) is 2.80. The third-order valence-electron chi connectivity index (χ3n) is 2.66. The van der Waals surface area contributed by atoms with Crippen LogP contribution in [0.1, 0.15) is 16.8 Å². The molecule has 0 spiro atoms. The Balaban J connectivity index is 2.49. The molecular weight excluding hydrogens is 316 g/mol. The molecule has 0 amide bonds. The van der Waals surface area contributed by atoms with E-state index in [4.69, 9.17) is 12.2 Å². The summed E-state index contributed by atoms with van der Waals surface area (Å²) >= 11 is 8.23. The number of phenols is 1. The molecule has 2 rings (SSSR count). The fourth-order valence-electron chi connectivity index (χ4n) is 1.72. The Morgan fingerprint density at radius 3 is 2.78 bits per heavy atom. The molecule has 0 aliphatic carbocycles. The first-order chi connectivity index (χ1) is 8.47. The van der Waals surface area contributed by atoms with E-state index in [2.05, 4.69) is 25.9 Å². The summed E-state index contributed by atoms with van der Waals surface area (Å²) < 4.78 is 1.16.